The highest BCUT2D eigenvalue weighted by Gasteiger charge is 2.54. The summed E-state index contributed by atoms with van der Waals surface area (Å²) < 4.78 is 6.11. The fourth-order valence-electron chi connectivity index (χ4n) is 4.32. The molecule has 0 amide bonds. The number of fused-ring (bicyclic) bond motifs is 3. The Labute approximate surface area is 104 Å². The fraction of sp³-hybridized carbons (Fsp3) is 0.929. The topological polar surface area (TPSA) is 36.3 Å². The SMILES string of the molecule is CC1CC(C)C2C(O1)C(C#N)C1CCCCN12. The van der Waals surface area contributed by atoms with Crippen molar-refractivity contribution in [3.05, 3.63) is 0 Å². The molecule has 3 heteroatoms. The van der Waals surface area contributed by atoms with Crippen LogP contribution in [0.3, 0.4) is 0 Å². The number of piperidine rings is 1. The summed E-state index contributed by atoms with van der Waals surface area (Å²) in [4.78, 5) is 2.60. The highest BCUT2D eigenvalue weighted by Crippen LogP contribution is 2.44. The smallest absolute Gasteiger partial charge is 0.0909 e. The maximum Gasteiger partial charge on any atom is 0.0909 e. The second-order valence-electron chi connectivity index (χ2n) is 6.07. The molecule has 6 unspecified atom stereocenters. The summed E-state index contributed by atoms with van der Waals surface area (Å²) in [6.07, 6.45) is 5.39. The number of rotatable bonds is 0. The average Bonchev–Trinajstić information content (AvgIpc) is 2.62. The van der Waals surface area contributed by atoms with Crippen LogP contribution in [0, 0.1) is 23.2 Å². The first-order valence-electron chi connectivity index (χ1n) is 7.03. The Morgan fingerprint density at radius 3 is 2.88 bits per heavy atom. The van der Waals surface area contributed by atoms with E-state index in [4.69, 9.17) is 4.74 Å². The van der Waals surface area contributed by atoms with E-state index in [1.54, 1.807) is 0 Å². The van der Waals surface area contributed by atoms with E-state index in [2.05, 4.69) is 24.8 Å². The summed E-state index contributed by atoms with van der Waals surface area (Å²) in [6.45, 7) is 5.66. The molecule has 0 radical (unpaired) electrons. The third-order valence-corrected chi connectivity index (χ3v) is 4.91. The van der Waals surface area contributed by atoms with Gasteiger partial charge in [0.1, 0.15) is 0 Å². The third-order valence-electron chi connectivity index (χ3n) is 4.91. The second-order valence-corrected chi connectivity index (χ2v) is 6.07. The summed E-state index contributed by atoms with van der Waals surface area (Å²) in [5, 5.41) is 9.46. The molecule has 0 aliphatic carbocycles. The Kier molecular flexibility index (Phi) is 2.88. The molecule has 17 heavy (non-hydrogen) atoms. The van der Waals surface area contributed by atoms with Crippen molar-refractivity contribution < 1.29 is 4.74 Å². The maximum atomic E-state index is 9.46. The molecule has 0 aromatic carbocycles. The predicted molar refractivity (Wildman–Crippen MR) is 65.4 cm³/mol. The van der Waals surface area contributed by atoms with Crippen molar-refractivity contribution in [3.63, 3.8) is 0 Å². The molecule has 0 bridgehead atoms. The van der Waals surface area contributed by atoms with Crippen molar-refractivity contribution in [2.75, 3.05) is 6.54 Å². The minimum atomic E-state index is 0.102. The summed E-state index contributed by atoms with van der Waals surface area (Å²) in [5.74, 6) is 0.771. The van der Waals surface area contributed by atoms with Gasteiger partial charge < -0.3 is 4.74 Å². The van der Waals surface area contributed by atoms with Crippen LogP contribution in [-0.4, -0.2) is 35.7 Å². The van der Waals surface area contributed by atoms with E-state index in [1.165, 1.54) is 25.8 Å². The van der Waals surface area contributed by atoms with Crippen molar-refractivity contribution >= 4 is 0 Å². The van der Waals surface area contributed by atoms with Crippen LogP contribution in [-0.2, 0) is 4.74 Å². The first kappa shape index (κ1) is 11.5. The van der Waals surface area contributed by atoms with Crippen LogP contribution in [0.1, 0.15) is 39.5 Å². The van der Waals surface area contributed by atoms with E-state index in [9.17, 15) is 5.26 Å². The Hall–Kier alpha value is -0.590. The van der Waals surface area contributed by atoms with Crippen LogP contribution in [0.2, 0.25) is 0 Å². The first-order chi connectivity index (χ1) is 8.22. The molecule has 0 aromatic heterocycles. The molecule has 0 aromatic rings. The zero-order valence-electron chi connectivity index (χ0n) is 10.8. The molecule has 0 spiro atoms. The van der Waals surface area contributed by atoms with Gasteiger partial charge in [0.15, 0.2) is 0 Å². The Morgan fingerprint density at radius 2 is 2.12 bits per heavy atom. The number of nitrogens with zero attached hydrogens (tertiary/aromatic N) is 2. The predicted octanol–water partition coefficient (Wildman–Crippen LogP) is 2.18. The van der Waals surface area contributed by atoms with Crippen molar-refractivity contribution in [1.82, 2.24) is 4.90 Å². The highest BCUT2D eigenvalue weighted by atomic mass is 16.5. The molecular weight excluding hydrogens is 212 g/mol. The zero-order chi connectivity index (χ0) is 12.0. The Balaban J connectivity index is 1.90. The standard InChI is InChI=1S/C14H22N2O/c1-9-7-10(2)17-14-11(8-15)12-5-3-4-6-16(12)13(9)14/h9-14H,3-7H2,1-2H3. The molecule has 3 rings (SSSR count). The average molecular weight is 234 g/mol. The largest absolute Gasteiger partial charge is 0.372 e. The lowest BCUT2D eigenvalue weighted by molar-refractivity contribution is -0.0908. The molecule has 3 fully saturated rings. The van der Waals surface area contributed by atoms with E-state index in [-0.39, 0.29) is 12.0 Å². The summed E-state index contributed by atoms with van der Waals surface area (Å²) in [6, 6.07) is 3.51. The summed E-state index contributed by atoms with van der Waals surface area (Å²) >= 11 is 0. The van der Waals surface area contributed by atoms with Gasteiger partial charge in [0.05, 0.1) is 24.2 Å². The quantitative estimate of drug-likeness (QED) is 0.644. The minimum absolute atomic E-state index is 0.102. The first-order valence-corrected chi connectivity index (χ1v) is 7.03. The van der Waals surface area contributed by atoms with E-state index < -0.39 is 0 Å². The van der Waals surface area contributed by atoms with Gasteiger partial charge in [-0.1, -0.05) is 13.3 Å². The monoisotopic (exact) mass is 234 g/mol. The highest BCUT2D eigenvalue weighted by molar-refractivity contribution is 5.12. The van der Waals surface area contributed by atoms with Gasteiger partial charge in [0.25, 0.3) is 0 Å². The maximum absolute atomic E-state index is 9.46. The molecule has 3 heterocycles. The summed E-state index contributed by atoms with van der Waals surface area (Å²) in [5.41, 5.74) is 0. The molecule has 94 valence electrons. The van der Waals surface area contributed by atoms with Gasteiger partial charge in [0, 0.05) is 12.1 Å². The molecule has 3 aliphatic heterocycles. The van der Waals surface area contributed by atoms with Gasteiger partial charge in [-0.15, -0.1) is 0 Å². The molecule has 6 atom stereocenters. The van der Waals surface area contributed by atoms with Crippen molar-refractivity contribution in [1.29, 1.82) is 5.26 Å². The van der Waals surface area contributed by atoms with E-state index in [0.29, 0.717) is 24.1 Å². The molecule has 3 nitrogen and oxygen atoms in total. The lowest BCUT2D eigenvalue weighted by Crippen LogP contribution is -2.49. The van der Waals surface area contributed by atoms with Crippen molar-refractivity contribution in [2.24, 2.45) is 11.8 Å². The number of nitriles is 1. The molecule has 3 saturated heterocycles. The van der Waals surface area contributed by atoms with Gasteiger partial charge in [0.2, 0.25) is 0 Å². The van der Waals surface area contributed by atoms with Gasteiger partial charge in [-0.05, 0) is 38.6 Å². The van der Waals surface area contributed by atoms with Crippen LogP contribution >= 0.6 is 0 Å². The van der Waals surface area contributed by atoms with Gasteiger partial charge in [-0.3, -0.25) is 4.90 Å². The molecule has 0 N–H and O–H groups in total. The van der Waals surface area contributed by atoms with Crippen LogP contribution in [0.5, 0.6) is 0 Å². The lowest BCUT2D eigenvalue weighted by atomic mass is 9.85. The fourth-order valence-corrected chi connectivity index (χ4v) is 4.32. The Bertz CT molecular complexity index is 338. The van der Waals surface area contributed by atoms with Gasteiger partial charge >= 0.3 is 0 Å². The lowest BCUT2D eigenvalue weighted by Gasteiger charge is -2.41. The number of hydrogen-bond donors (Lipinski definition) is 0. The molecule has 0 saturated carbocycles. The molecule has 3 aliphatic rings. The van der Waals surface area contributed by atoms with Crippen LogP contribution in [0.4, 0.5) is 0 Å². The number of ether oxygens (including phenoxy) is 1. The van der Waals surface area contributed by atoms with Gasteiger partial charge in [-0.25, -0.2) is 0 Å². The minimum Gasteiger partial charge on any atom is -0.372 e. The Morgan fingerprint density at radius 1 is 1.29 bits per heavy atom. The van der Waals surface area contributed by atoms with E-state index in [1.807, 2.05) is 0 Å². The van der Waals surface area contributed by atoms with Crippen LogP contribution < -0.4 is 0 Å². The zero-order valence-corrected chi connectivity index (χ0v) is 10.8. The third kappa shape index (κ3) is 1.70. The van der Waals surface area contributed by atoms with E-state index >= 15 is 0 Å². The van der Waals surface area contributed by atoms with Crippen LogP contribution in [0.15, 0.2) is 0 Å². The van der Waals surface area contributed by atoms with Crippen molar-refractivity contribution in [2.45, 2.75) is 63.8 Å². The number of hydrogen-bond acceptors (Lipinski definition) is 3. The second kappa shape index (κ2) is 4.26. The normalized spacial score (nSPS) is 50.4. The summed E-state index contributed by atoms with van der Waals surface area (Å²) in [7, 11) is 0. The van der Waals surface area contributed by atoms with Crippen molar-refractivity contribution in [3.8, 4) is 6.07 Å². The molecular formula is C14H22N2O. The van der Waals surface area contributed by atoms with Crippen LogP contribution in [0.25, 0.3) is 0 Å². The van der Waals surface area contributed by atoms with E-state index in [0.717, 1.165) is 6.42 Å². The van der Waals surface area contributed by atoms with Gasteiger partial charge in [-0.2, -0.15) is 5.26 Å².